The van der Waals surface area contributed by atoms with Crippen LogP contribution in [0.1, 0.15) is 107 Å². The second-order valence-corrected chi connectivity index (χ2v) is 10.9. The van der Waals surface area contributed by atoms with Gasteiger partial charge in [-0.3, -0.25) is 0 Å². The molecule has 0 radical (unpaired) electrons. The van der Waals surface area contributed by atoms with Crippen molar-refractivity contribution in [1.29, 1.82) is 0 Å². The predicted octanol–water partition coefficient (Wildman–Crippen LogP) is 10.0. The van der Waals surface area contributed by atoms with Gasteiger partial charge in [-0.2, -0.15) is 0 Å². The summed E-state index contributed by atoms with van der Waals surface area (Å²) in [7, 11) is 0. The molecule has 4 rings (SSSR count). The molecule has 0 heterocycles. The highest BCUT2D eigenvalue weighted by Crippen LogP contribution is 2.33. The van der Waals surface area contributed by atoms with E-state index in [4.69, 9.17) is 0 Å². The zero-order chi connectivity index (χ0) is 25.2. The topological polar surface area (TPSA) is 0 Å². The average Bonchev–Trinajstić information content (AvgIpc) is 2.92. The van der Waals surface area contributed by atoms with E-state index in [0.717, 1.165) is 58.6 Å². The molecule has 1 heteroatoms. The molecule has 3 aromatic rings. The Kier molecular flexibility index (Phi) is 10.0. The minimum absolute atomic E-state index is 0.0421. The molecule has 0 nitrogen and oxygen atoms in total. The SMILES string of the molecule is CCCCCCCc1ccc(C#Cc2ccc3c(F)c(CCC4CCC(CC)CC4)ccc3c2)cc1. The van der Waals surface area contributed by atoms with Gasteiger partial charge in [0.2, 0.25) is 0 Å². The Morgan fingerprint density at radius 2 is 1.42 bits per heavy atom. The van der Waals surface area contributed by atoms with Crippen molar-refractivity contribution < 1.29 is 4.39 Å². The third-order valence-corrected chi connectivity index (χ3v) is 8.27. The van der Waals surface area contributed by atoms with E-state index in [9.17, 15) is 0 Å². The largest absolute Gasteiger partial charge is 0.206 e. The van der Waals surface area contributed by atoms with E-state index in [2.05, 4.69) is 56.0 Å². The third-order valence-electron chi connectivity index (χ3n) is 8.27. The number of aryl methyl sites for hydroxylation is 2. The van der Waals surface area contributed by atoms with Crippen molar-refractivity contribution in [1.82, 2.24) is 0 Å². The lowest BCUT2D eigenvalue weighted by Gasteiger charge is -2.27. The fourth-order valence-electron chi connectivity index (χ4n) is 5.73. The lowest BCUT2D eigenvalue weighted by Crippen LogP contribution is -2.14. The minimum atomic E-state index is -0.0421. The Balaban J connectivity index is 1.34. The first kappa shape index (κ1) is 26.5. The Morgan fingerprint density at radius 1 is 0.722 bits per heavy atom. The molecule has 3 aromatic carbocycles. The minimum Gasteiger partial charge on any atom is -0.206 e. The van der Waals surface area contributed by atoms with Crippen LogP contribution in [0.25, 0.3) is 10.8 Å². The number of fused-ring (bicyclic) bond motifs is 1. The van der Waals surface area contributed by atoms with Crippen molar-refractivity contribution in [2.45, 2.75) is 97.3 Å². The van der Waals surface area contributed by atoms with Gasteiger partial charge in [0.25, 0.3) is 0 Å². The van der Waals surface area contributed by atoms with Crippen molar-refractivity contribution in [3.05, 3.63) is 82.7 Å². The summed E-state index contributed by atoms with van der Waals surface area (Å²) in [6, 6.07) is 18.6. The molecule has 0 atom stereocenters. The van der Waals surface area contributed by atoms with Crippen LogP contribution in [0.4, 0.5) is 4.39 Å². The van der Waals surface area contributed by atoms with E-state index in [1.54, 1.807) is 0 Å². The van der Waals surface area contributed by atoms with Gasteiger partial charge in [0, 0.05) is 16.5 Å². The van der Waals surface area contributed by atoms with E-state index in [1.165, 1.54) is 69.8 Å². The van der Waals surface area contributed by atoms with Crippen molar-refractivity contribution >= 4 is 10.8 Å². The number of rotatable bonds is 10. The zero-order valence-electron chi connectivity index (χ0n) is 22.4. The highest BCUT2D eigenvalue weighted by Gasteiger charge is 2.20. The summed E-state index contributed by atoms with van der Waals surface area (Å²) in [5.41, 5.74) is 4.22. The summed E-state index contributed by atoms with van der Waals surface area (Å²) in [6.45, 7) is 4.56. The van der Waals surface area contributed by atoms with Crippen LogP contribution in [-0.2, 0) is 12.8 Å². The summed E-state index contributed by atoms with van der Waals surface area (Å²) in [5.74, 6) is 8.20. The van der Waals surface area contributed by atoms with Gasteiger partial charge in [0.15, 0.2) is 0 Å². The van der Waals surface area contributed by atoms with E-state index in [0.29, 0.717) is 0 Å². The van der Waals surface area contributed by atoms with Gasteiger partial charge in [-0.15, -0.1) is 0 Å². The number of unbranched alkanes of at least 4 members (excludes halogenated alkanes) is 4. The molecule has 0 unspecified atom stereocenters. The predicted molar refractivity (Wildman–Crippen MR) is 153 cm³/mol. The van der Waals surface area contributed by atoms with Crippen molar-refractivity contribution in [2.75, 3.05) is 0 Å². The highest BCUT2D eigenvalue weighted by molar-refractivity contribution is 5.85. The molecule has 0 spiro atoms. The monoisotopic (exact) mass is 482 g/mol. The van der Waals surface area contributed by atoms with Gasteiger partial charge in [-0.1, -0.05) is 114 Å². The van der Waals surface area contributed by atoms with Crippen LogP contribution < -0.4 is 0 Å². The van der Waals surface area contributed by atoms with Gasteiger partial charge in [-0.05, 0) is 78.3 Å². The Bertz CT molecular complexity index is 1150. The van der Waals surface area contributed by atoms with E-state index in [1.807, 2.05) is 24.3 Å². The molecule has 1 saturated carbocycles. The van der Waals surface area contributed by atoms with Crippen molar-refractivity contribution in [3.63, 3.8) is 0 Å². The second-order valence-electron chi connectivity index (χ2n) is 10.9. The fourth-order valence-corrected chi connectivity index (χ4v) is 5.73. The third kappa shape index (κ3) is 7.46. The number of hydrogen-bond acceptors (Lipinski definition) is 0. The highest BCUT2D eigenvalue weighted by atomic mass is 19.1. The zero-order valence-corrected chi connectivity index (χ0v) is 22.4. The van der Waals surface area contributed by atoms with Crippen LogP contribution in [-0.4, -0.2) is 0 Å². The first-order valence-electron chi connectivity index (χ1n) is 14.5. The lowest BCUT2D eigenvalue weighted by molar-refractivity contribution is 0.258. The van der Waals surface area contributed by atoms with Crippen LogP contribution in [0.3, 0.4) is 0 Å². The molecule has 0 bridgehead atoms. The first-order chi connectivity index (χ1) is 17.7. The van der Waals surface area contributed by atoms with Gasteiger partial charge < -0.3 is 0 Å². The maximum absolute atomic E-state index is 15.3. The summed E-state index contributed by atoms with van der Waals surface area (Å²) in [6.07, 6.45) is 16.3. The van der Waals surface area contributed by atoms with Gasteiger partial charge >= 0.3 is 0 Å². The van der Waals surface area contributed by atoms with Gasteiger partial charge in [0.05, 0.1) is 0 Å². The van der Waals surface area contributed by atoms with Crippen LogP contribution >= 0.6 is 0 Å². The summed E-state index contributed by atoms with van der Waals surface area (Å²) in [5, 5.41) is 1.65. The standard InChI is InChI=1S/C35H43F/c1-3-5-6-7-8-9-28-14-16-29(17-15-28)18-19-31-21-25-34-33(26-31)24-23-32(35(34)36)22-20-30-12-10-27(4-2)11-13-30/h14-17,21,23-27,30H,3-13,20,22H2,1-2H3. The van der Waals surface area contributed by atoms with Gasteiger partial charge in [0.1, 0.15) is 5.82 Å². The number of halogens is 1. The van der Waals surface area contributed by atoms with Crippen LogP contribution in [0.2, 0.25) is 0 Å². The van der Waals surface area contributed by atoms with Crippen LogP contribution in [0.5, 0.6) is 0 Å². The first-order valence-corrected chi connectivity index (χ1v) is 14.5. The Morgan fingerprint density at radius 3 is 2.17 bits per heavy atom. The lowest BCUT2D eigenvalue weighted by atomic mass is 9.78. The smallest absolute Gasteiger partial charge is 0.134 e. The second kappa shape index (κ2) is 13.6. The molecular weight excluding hydrogens is 439 g/mol. The molecule has 0 aliphatic heterocycles. The number of benzene rings is 3. The molecule has 0 saturated heterocycles. The molecule has 0 N–H and O–H groups in total. The molecule has 190 valence electrons. The Hall–Kier alpha value is -2.59. The van der Waals surface area contributed by atoms with Crippen LogP contribution in [0.15, 0.2) is 54.6 Å². The van der Waals surface area contributed by atoms with Crippen molar-refractivity contribution in [3.8, 4) is 11.8 Å². The molecule has 1 fully saturated rings. The number of hydrogen-bond donors (Lipinski definition) is 0. The van der Waals surface area contributed by atoms with E-state index in [-0.39, 0.29) is 5.82 Å². The quantitative estimate of drug-likeness (QED) is 0.199. The molecule has 0 amide bonds. The maximum Gasteiger partial charge on any atom is 0.134 e. The summed E-state index contributed by atoms with van der Waals surface area (Å²) >= 11 is 0. The molecule has 0 aromatic heterocycles. The van der Waals surface area contributed by atoms with E-state index >= 15 is 4.39 Å². The molecular formula is C35H43F. The molecule has 1 aliphatic rings. The fraction of sp³-hybridized carbons (Fsp3) is 0.486. The van der Waals surface area contributed by atoms with Crippen molar-refractivity contribution in [2.24, 2.45) is 11.8 Å². The molecule has 1 aliphatic carbocycles. The summed E-state index contributed by atoms with van der Waals surface area (Å²) in [4.78, 5) is 0. The normalized spacial score (nSPS) is 17.6. The van der Waals surface area contributed by atoms with E-state index < -0.39 is 0 Å². The summed E-state index contributed by atoms with van der Waals surface area (Å²) < 4.78 is 15.3. The molecule has 36 heavy (non-hydrogen) atoms. The average molecular weight is 483 g/mol. The maximum atomic E-state index is 15.3. The van der Waals surface area contributed by atoms with Gasteiger partial charge in [-0.25, -0.2) is 4.39 Å². The van der Waals surface area contributed by atoms with Crippen LogP contribution in [0, 0.1) is 29.5 Å². The Labute approximate surface area is 218 Å².